The number of rotatable bonds is 9. The molecule has 4 atom stereocenters. The van der Waals surface area contributed by atoms with Crippen LogP contribution in [0.2, 0.25) is 0 Å². The Morgan fingerprint density at radius 1 is 1.17 bits per heavy atom. The summed E-state index contributed by atoms with van der Waals surface area (Å²) in [4.78, 5) is 69.9. The van der Waals surface area contributed by atoms with E-state index >= 15 is 0 Å². The van der Waals surface area contributed by atoms with Gasteiger partial charge in [-0.05, 0) is 57.7 Å². The molecule has 12 heteroatoms. The monoisotopic (exact) mass is 586 g/mol. The normalized spacial score (nSPS) is 25.5. The lowest BCUT2D eigenvalue weighted by molar-refractivity contribution is -0.141. The van der Waals surface area contributed by atoms with Gasteiger partial charge >= 0.3 is 0 Å². The number of hydrogen-bond donors (Lipinski definition) is 3. The Labute approximate surface area is 241 Å². The minimum Gasteiger partial charge on any atom is -0.496 e. The fourth-order valence-electron chi connectivity index (χ4n) is 6.36. The molecule has 2 heterocycles. The molecule has 3 amide bonds. The smallest absolute Gasteiger partial charge is 0.289 e. The molecule has 1 aromatic carbocycles. The number of alkyl halides is 2. The van der Waals surface area contributed by atoms with Gasteiger partial charge in [-0.3, -0.25) is 24.0 Å². The highest BCUT2D eigenvalue weighted by Gasteiger charge is 2.75. The van der Waals surface area contributed by atoms with Crippen LogP contribution in [0.3, 0.4) is 0 Å². The molecule has 1 spiro atoms. The van der Waals surface area contributed by atoms with Crippen LogP contribution in [0.25, 0.3) is 10.9 Å². The number of fused-ring (bicyclic) bond motifs is 1. The number of ether oxygens (including phenoxy) is 1. The van der Waals surface area contributed by atoms with Crippen LogP contribution in [0, 0.1) is 11.3 Å². The summed E-state index contributed by atoms with van der Waals surface area (Å²) < 4.78 is 34.5. The number of carbonyl (C=O) groups is 5. The van der Waals surface area contributed by atoms with Gasteiger partial charge in [-0.1, -0.05) is 12.5 Å². The summed E-state index contributed by atoms with van der Waals surface area (Å²) in [5, 5.41) is 5.72. The highest BCUT2D eigenvalue weighted by molar-refractivity contribution is 6.38. The lowest BCUT2D eigenvalue weighted by Crippen LogP contribution is -2.54. The SMILES string of the molecule is COc1cccc2[nH]c(C(=O)N3C[C@]4(C[C@H]3C(=O)N[C@@H](CC3CCCCC3=O)C(=O)C(=O)NC(C)C)CC4(F)F)cc12. The van der Waals surface area contributed by atoms with Crippen LogP contribution < -0.4 is 15.4 Å². The van der Waals surface area contributed by atoms with Crippen molar-refractivity contribution in [3.63, 3.8) is 0 Å². The molecule has 0 radical (unpaired) electrons. The third kappa shape index (κ3) is 5.50. The first-order chi connectivity index (χ1) is 19.9. The molecule has 3 N–H and O–H groups in total. The Hall–Kier alpha value is -3.83. The van der Waals surface area contributed by atoms with Gasteiger partial charge in [0.15, 0.2) is 0 Å². The van der Waals surface area contributed by atoms with Gasteiger partial charge in [0.1, 0.15) is 23.3 Å². The van der Waals surface area contributed by atoms with E-state index in [-0.39, 0.29) is 36.9 Å². The number of aromatic amines is 1. The van der Waals surface area contributed by atoms with Gasteiger partial charge in [-0.15, -0.1) is 0 Å². The van der Waals surface area contributed by atoms with Crippen molar-refractivity contribution < 1.29 is 37.5 Å². The molecule has 2 aromatic rings. The summed E-state index contributed by atoms with van der Waals surface area (Å²) in [6, 6.07) is 3.77. The van der Waals surface area contributed by atoms with Crippen LogP contribution in [-0.2, 0) is 19.2 Å². The van der Waals surface area contributed by atoms with Crippen LogP contribution in [0.5, 0.6) is 5.75 Å². The molecule has 1 aliphatic heterocycles. The predicted octanol–water partition coefficient (Wildman–Crippen LogP) is 3.14. The molecule has 5 rings (SSSR count). The number of H-pyrrole nitrogens is 1. The fraction of sp³-hybridized carbons (Fsp3) is 0.567. The maximum Gasteiger partial charge on any atom is 0.289 e. The number of likely N-dealkylation sites (tertiary alicyclic amines) is 1. The zero-order valence-corrected chi connectivity index (χ0v) is 23.9. The Morgan fingerprint density at radius 2 is 1.90 bits per heavy atom. The number of aromatic nitrogens is 1. The summed E-state index contributed by atoms with van der Waals surface area (Å²) in [5.74, 6) is -6.35. The van der Waals surface area contributed by atoms with Gasteiger partial charge in [-0.25, -0.2) is 8.78 Å². The van der Waals surface area contributed by atoms with E-state index in [1.54, 1.807) is 38.1 Å². The predicted molar refractivity (Wildman–Crippen MR) is 148 cm³/mol. The molecule has 1 saturated heterocycles. The van der Waals surface area contributed by atoms with Gasteiger partial charge in [0, 0.05) is 42.2 Å². The molecular formula is C30H36F2N4O6. The van der Waals surface area contributed by atoms with E-state index in [0.29, 0.717) is 29.5 Å². The van der Waals surface area contributed by atoms with Crippen LogP contribution >= 0.6 is 0 Å². The summed E-state index contributed by atoms with van der Waals surface area (Å²) >= 11 is 0. The largest absolute Gasteiger partial charge is 0.496 e. The zero-order chi connectivity index (χ0) is 30.4. The average Bonchev–Trinajstić information content (AvgIpc) is 3.27. The third-order valence-electron chi connectivity index (χ3n) is 8.76. The van der Waals surface area contributed by atoms with Crippen LogP contribution in [-0.4, -0.2) is 76.9 Å². The number of halogens is 2. The second-order valence-corrected chi connectivity index (χ2v) is 12.1. The van der Waals surface area contributed by atoms with Gasteiger partial charge < -0.3 is 25.3 Å². The topological polar surface area (TPSA) is 138 Å². The van der Waals surface area contributed by atoms with Crippen molar-refractivity contribution in [1.82, 2.24) is 20.5 Å². The Balaban J connectivity index is 1.41. The number of ketones is 2. The molecule has 42 heavy (non-hydrogen) atoms. The quantitative estimate of drug-likeness (QED) is 0.386. The zero-order valence-electron chi connectivity index (χ0n) is 23.9. The number of carbonyl (C=O) groups excluding carboxylic acids is 5. The van der Waals surface area contributed by atoms with Crippen molar-refractivity contribution in [2.45, 2.75) is 82.8 Å². The molecule has 226 valence electrons. The molecule has 1 aromatic heterocycles. The van der Waals surface area contributed by atoms with E-state index in [1.165, 1.54) is 7.11 Å². The van der Waals surface area contributed by atoms with Crippen molar-refractivity contribution in [3.05, 3.63) is 30.0 Å². The Morgan fingerprint density at radius 3 is 2.55 bits per heavy atom. The number of hydrogen-bond acceptors (Lipinski definition) is 6. The lowest BCUT2D eigenvalue weighted by atomic mass is 9.82. The van der Waals surface area contributed by atoms with E-state index in [4.69, 9.17) is 4.74 Å². The molecule has 1 unspecified atom stereocenters. The molecule has 10 nitrogen and oxygen atoms in total. The number of benzene rings is 1. The Kier molecular flexibility index (Phi) is 7.84. The lowest BCUT2D eigenvalue weighted by Gasteiger charge is -2.28. The summed E-state index contributed by atoms with van der Waals surface area (Å²) in [6.45, 7) is 3.03. The van der Waals surface area contributed by atoms with Crippen molar-refractivity contribution in [2.75, 3.05) is 13.7 Å². The van der Waals surface area contributed by atoms with Crippen molar-refractivity contribution in [1.29, 1.82) is 0 Å². The molecule has 2 saturated carbocycles. The minimum absolute atomic E-state index is 0.0407. The second kappa shape index (κ2) is 11.1. The van der Waals surface area contributed by atoms with E-state index in [0.717, 1.165) is 17.7 Å². The minimum atomic E-state index is -3.04. The molecule has 3 fully saturated rings. The van der Waals surface area contributed by atoms with Gasteiger partial charge in [0.25, 0.3) is 17.7 Å². The van der Waals surface area contributed by atoms with E-state index < -0.39 is 59.3 Å². The number of nitrogens with one attached hydrogen (secondary N) is 3. The van der Waals surface area contributed by atoms with E-state index in [1.807, 2.05) is 0 Å². The first-order valence-electron chi connectivity index (χ1n) is 14.4. The molecule has 2 aliphatic carbocycles. The standard InChI is InChI=1S/C30H36F2N4O6/c1-16(2)33-27(40)25(38)20(11-17-7-4-5-9-23(17)37)35-26(39)22-13-29(14-30(29,31)32)15-36(22)28(41)21-12-18-19(34-21)8-6-10-24(18)42-3/h6,8,10,12,16-17,20,22,34H,4-5,7,9,11,13-15H2,1-3H3,(H,33,40)(H,35,39)/t17?,20-,22-,29-/m0/s1. The maximum atomic E-state index is 14.6. The number of amides is 3. The molecular weight excluding hydrogens is 550 g/mol. The summed E-state index contributed by atoms with van der Waals surface area (Å²) in [7, 11) is 1.49. The van der Waals surface area contributed by atoms with E-state index in [9.17, 15) is 32.8 Å². The van der Waals surface area contributed by atoms with E-state index in [2.05, 4.69) is 15.6 Å². The molecule has 3 aliphatic rings. The number of methoxy groups -OCH3 is 1. The van der Waals surface area contributed by atoms with Crippen LogP contribution in [0.15, 0.2) is 24.3 Å². The van der Waals surface area contributed by atoms with Gasteiger partial charge in [0.05, 0.1) is 18.6 Å². The van der Waals surface area contributed by atoms with Gasteiger partial charge in [0.2, 0.25) is 11.7 Å². The Bertz CT molecular complexity index is 1440. The highest BCUT2D eigenvalue weighted by Crippen LogP contribution is 2.66. The third-order valence-corrected chi connectivity index (χ3v) is 8.76. The summed E-state index contributed by atoms with van der Waals surface area (Å²) in [5.41, 5.74) is -0.837. The second-order valence-electron chi connectivity index (χ2n) is 12.1. The first-order valence-corrected chi connectivity index (χ1v) is 14.4. The van der Waals surface area contributed by atoms with Crippen LogP contribution in [0.1, 0.15) is 69.3 Å². The number of Topliss-reactive ketones (excluding diaryl/α,β-unsaturated/α-hetero) is 2. The first kappa shape index (κ1) is 29.7. The number of nitrogens with zero attached hydrogens (tertiary/aromatic N) is 1. The van der Waals surface area contributed by atoms with Crippen LogP contribution in [0.4, 0.5) is 8.78 Å². The van der Waals surface area contributed by atoms with Crippen molar-refractivity contribution in [2.24, 2.45) is 11.3 Å². The average molecular weight is 587 g/mol. The fourth-order valence-corrected chi connectivity index (χ4v) is 6.36. The van der Waals surface area contributed by atoms with Crippen molar-refractivity contribution >= 4 is 40.2 Å². The highest BCUT2D eigenvalue weighted by atomic mass is 19.3. The maximum absolute atomic E-state index is 14.6. The van der Waals surface area contributed by atoms with Gasteiger partial charge in [-0.2, -0.15) is 0 Å². The van der Waals surface area contributed by atoms with Crippen molar-refractivity contribution in [3.8, 4) is 5.75 Å². The summed E-state index contributed by atoms with van der Waals surface area (Å²) in [6.07, 6.45) is 1.59. The molecule has 0 bridgehead atoms.